The van der Waals surface area contributed by atoms with Crippen LogP contribution in [-0.4, -0.2) is 23.6 Å². The predicted octanol–water partition coefficient (Wildman–Crippen LogP) is 3.00. The molecule has 0 bridgehead atoms. The Hall–Kier alpha value is -1.22. The van der Waals surface area contributed by atoms with E-state index >= 15 is 0 Å². The van der Waals surface area contributed by atoms with Gasteiger partial charge in [0.25, 0.3) is 0 Å². The molecular formula is C12H12ClNO2. The van der Waals surface area contributed by atoms with Crippen molar-refractivity contribution in [2.45, 2.75) is 25.0 Å². The molecule has 0 radical (unpaired) electrons. The van der Waals surface area contributed by atoms with Crippen LogP contribution < -0.4 is 0 Å². The number of hydrogen-bond acceptors (Lipinski definition) is 2. The molecular weight excluding hydrogens is 226 g/mol. The van der Waals surface area contributed by atoms with Gasteiger partial charge in [-0.2, -0.15) is 0 Å². The normalized spacial score (nSPS) is 24.7. The molecule has 16 heavy (non-hydrogen) atoms. The number of ether oxygens (including phenoxy) is 1. The van der Waals surface area contributed by atoms with Crippen molar-refractivity contribution in [1.29, 1.82) is 0 Å². The number of carbonyl (C=O) groups excluding carboxylic acids is 1. The predicted molar refractivity (Wildman–Crippen MR) is 60.4 cm³/mol. The first-order valence-electron chi connectivity index (χ1n) is 5.47. The number of benzene rings is 1. The number of halogens is 1. The Morgan fingerprint density at radius 1 is 1.31 bits per heavy atom. The van der Waals surface area contributed by atoms with Crippen molar-refractivity contribution in [1.82, 2.24) is 4.90 Å². The molecule has 1 aromatic rings. The first-order chi connectivity index (χ1) is 7.75. The molecule has 2 fully saturated rings. The van der Waals surface area contributed by atoms with Crippen LogP contribution in [0.2, 0.25) is 5.02 Å². The van der Waals surface area contributed by atoms with E-state index in [1.165, 1.54) is 0 Å². The molecule has 1 atom stereocenters. The maximum atomic E-state index is 11.6. The Balaban J connectivity index is 1.82. The molecule has 0 spiro atoms. The fourth-order valence-corrected chi connectivity index (χ4v) is 2.32. The molecule has 1 aliphatic heterocycles. The van der Waals surface area contributed by atoms with Gasteiger partial charge in [-0.1, -0.05) is 29.8 Å². The SMILES string of the molecule is O=C1OC(c2ccccc2Cl)CN1C1CC1. The maximum Gasteiger partial charge on any atom is 0.410 e. The Bertz CT molecular complexity index is 431. The first kappa shape index (κ1) is 9.97. The molecule has 1 saturated heterocycles. The summed E-state index contributed by atoms with van der Waals surface area (Å²) in [6, 6.07) is 7.93. The summed E-state index contributed by atoms with van der Waals surface area (Å²) in [6.07, 6.45) is 1.79. The Morgan fingerprint density at radius 3 is 2.75 bits per heavy atom. The van der Waals surface area contributed by atoms with Gasteiger partial charge in [-0.05, 0) is 18.9 Å². The van der Waals surface area contributed by atoms with E-state index in [0.717, 1.165) is 18.4 Å². The van der Waals surface area contributed by atoms with E-state index in [1.54, 1.807) is 0 Å². The number of carbonyl (C=O) groups is 1. The number of amides is 1. The summed E-state index contributed by atoms with van der Waals surface area (Å²) in [5.74, 6) is 0. The third-order valence-electron chi connectivity index (χ3n) is 3.08. The van der Waals surface area contributed by atoms with Gasteiger partial charge >= 0.3 is 6.09 Å². The molecule has 3 rings (SSSR count). The highest BCUT2D eigenvalue weighted by Crippen LogP contribution is 2.37. The maximum absolute atomic E-state index is 11.6. The summed E-state index contributed by atoms with van der Waals surface area (Å²) < 4.78 is 5.34. The summed E-state index contributed by atoms with van der Waals surface area (Å²) in [5, 5.41) is 0.665. The monoisotopic (exact) mass is 237 g/mol. The average Bonchev–Trinajstić information content (AvgIpc) is 3.03. The molecule has 4 heteroatoms. The molecule has 1 heterocycles. The molecule has 0 aromatic heterocycles. The van der Waals surface area contributed by atoms with Gasteiger partial charge in [0.05, 0.1) is 6.54 Å². The van der Waals surface area contributed by atoms with Gasteiger partial charge in [-0.15, -0.1) is 0 Å². The van der Waals surface area contributed by atoms with Crippen LogP contribution >= 0.6 is 11.6 Å². The number of cyclic esters (lactones) is 1. The molecule has 2 aliphatic rings. The highest BCUT2D eigenvalue weighted by molar-refractivity contribution is 6.31. The van der Waals surface area contributed by atoms with Crippen LogP contribution in [0, 0.1) is 0 Å². The molecule has 1 unspecified atom stereocenters. The highest BCUT2D eigenvalue weighted by atomic mass is 35.5. The van der Waals surface area contributed by atoms with Crippen molar-refractivity contribution < 1.29 is 9.53 Å². The summed E-state index contributed by atoms with van der Waals surface area (Å²) in [5.41, 5.74) is 0.903. The fourth-order valence-electron chi connectivity index (χ4n) is 2.06. The lowest BCUT2D eigenvalue weighted by Gasteiger charge is -2.11. The van der Waals surface area contributed by atoms with Gasteiger partial charge in [-0.25, -0.2) is 4.79 Å². The molecule has 1 aliphatic carbocycles. The van der Waals surface area contributed by atoms with Crippen molar-refractivity contribution in [2.75, 3.05) is 6.54 Å². The van der Waals surface area contributed by atoms with E-state index in [4.69, 9.17) is 16.3 Å². The van der Waals surface area contributed by atoms with E-state index in [1.807, 2.05) is 29.2 Å². The van der Waals surface area contributed by atoms with Gasteiger partial charge in [0.15, 0.2) is 0 Å². The quantitative estimate of drug-likeness (QED) is 0.792. The Kier molecular flexibility index (Phi) is 2.28. The second-order valence-electron chi connectivity index (χ2n) is 4.28. The molecule has 84 valence electrons. The summed E-state index contributed by atoms with van der Waals surface area (Å²) in [7, 11) is 0. The van der Waals surface area contributed by atoms with Crippen LogP contribution in [0.4, 0.5) is 4.79 Å². The molecule has 1 saturated carbocycles. The van der Waals surface area contributed by atoms with Crippen LogP contribution in [0.15, 0.2) is 24.3 Å². The minimum Gasteiger partial charge on any atom is -0.439 e. The smallest absolute Gasteiger partial charge is 0.410 e. The van der Waals surface area contributed by atoms with Crippen molar-refractivity contribution >= 4 is 17.7 Å². The van der Waals surface area contributed by atoms with Crippen LogP contribution in [0.25, 0.3) is 0 Å². The van der Waals surface area contributed by atoms with Crippen molar-refractivity contribution in [3.8, 4) is 0 Å². The van der Waals surface area contributed by atoms with E-state index in [9.17, 15) is 4.79 Å². The molecule has 1 aromatic carbocycles. The minimum absolute atomic E-state index is 0.201. The van der Waals surface area contributed by atoms with Crippen LogP contribution in [0.3, 0.4) is 0 Å². The molecule has 3 nitrogen and oxygen atoms in total. The zero-order chi connectivity index (χ0) is 11.1. The summed E-state index contributed by atoms with van der Waals surface area (Å²) >= 11 is 6.09. The third-order valence-corrected chi connectivity index (χ3v) is 3.42. The minimum atomic E-state index is -0.207. The zero-order valence-corrected chi connectivity index (χ0v) is 9.48. The fraction of sp³-hybridized carbons (Fsp3) is 0.417. The lowest BCUT2D eigenvalue weighted by molar-refractivity contribution is 0.132. The number of nitrogens with zero attached hydrogens (tertiary/aromatic N) is 1. The van der Waals surface area contributed by atoms with Gasteiger partial charge in [0, 0.05) is 16.6 Å². The highest BCUT2D eigenvalue weighted by Gasteiger charge is 2.41. The summed E-state index contributed by atoms with van der Waals surface area (Å²) in [4.78, 5) is 13.4. The first-order valence-corrected chi connectivity index (χ1v) is 5.85. The van der Waals surface area contributed by atoms with Crippen molar-refractivity contribution in [3.05, 3.63) is 34.9 Å². The van der Waals surface area contributed by atoms with E-state index < -0.39 is 0 Å². The van der Waals surface area contributed by atoms with Crippen molar-refractivity contribution in [2.24, 2.45) is 0 Å². The third kappa shape index (κ3) is 1.65. The standard InChI is InChI=1S/C12H12ClNO2/c13-10-4-2-1-3-9(10)11-7-14(8-5-6-8)12(15)16-11/h1-4,8,11H,5-7H2. The van der Waals surface area contributed by atoms with E-state index in [2.05, 4.69) is 0 Å². The van der Waals surface area contributed by atoms with Gasteiger partial charge in [0.2, 0.25) is 0 Å². The lowest BCUT2D eigenvalue weighted by Crippen LogP contribution is -2.26. The Labute approximate surface area is 98.9 Å². The largest absolute Gasteiger partial charge is 0.439 e. The van der Waals surface area contributed by atoms with E-state index in [-0.39, 0.29) is 12.2 Å². The zero-order valence-electron chi connectivity index (χ0n) is 8.73. The van der Waals surface area contributed by atoms with Gasteiger partial charge in [0.1, 0.15) is 6.10 Å². The van der Waals surface area contributed by atoms with Crippen LogP contribution in [0.5, 0.6) is 0 Å². The average molecular weight is 238 g/mol. The van der Waals surface area contributed by atoms with Crippen LogP contribution in [0.1, 0.15) is 24.5 Å². The lowest BCUT2D eigenvalue weighted by atomic mass is 10.1. The number of hydrogen-bond donors (Lipinski definition) is 0. The van der Waals surface area contributed by atoms with Crippen LogP contribution in [-0.2, 0) is 4.74 Å². The second-order valence-corrected chi connectivity index (χ2v) is 4.68. The number of rotatable bonds is 2. The molecule has 0 N–H and O–H groups in total. The van der Waals surface area contributed by atoms with Crippen molar-refractivity contribution in [3.63, 3.8) is 0 Å². The topological polar surface area (TPSA) is 29.5 Å². The van der Waals surface area contributed by atoms with Gasteiger partial charge in [-0.3, -0.25) is 0 Å². The molecule has 1 amide bonds. The van der Waals surface area contributed by atoms with E-state index in [0.29, 0.717) is 17.6 Å². The van der Waals surface area contributed by atoms with Gasteiger partial charge < -0.3 is 9.64 Å². The second kappa shape index (κ2) is 3.67. The summed E-state index contributed by atoms with van der Waals surface area (Å²) in [6.45, 7) is 0.632. The Morgan fingerprint density at radius 2 is 2.06 bits per heavy atom.